The summed E-state index contributed by atoms with van der Waals surface area (Å²) < 4.78 is 30.0. The largest absolute Gasteiger partial charge is 0.306 e. The van der Waals surface area contributed by atoms with Crippen molar-refractivity contribution in [3.05, 3.63) is 84.2 Å². The number of nitriles is 1. The maximum Gasteiger partial charge on any atom is 0.263 e. The number of aromatic nitrogens is 2. The highest BCUT2D eigenvalue weighted by molar-refractivity contribution is 7.92. The molecule has 2 aromatic heterocycles. The molecule has 0 spiro atoms. The van der Waals surface area contributed by atoms with Crippen LogP contribution in [0, 0.1) is 18.3 Å². The zero-order valence-corrected chi connectivity index (χ0v) is 15.8. The van der Waals surface area contributed by atoms with Crippen molar-refractivity contribution in [3.8, 4) is 17.3 Å². The highest BCUT2D eigenvalue weighted by atomic mass is 32.2. The molecule has 0 bridgehead atoms. The van der Waals surface area contributed by atoms with Crippen molar-refractivity contribution >= 4 is 21.4 Å². The van der Waals surface area contributed by atoms with Crippen LogP contribution in [0.25, 0.3) is 16.9 Å². The Morgan fingerprint density at radius 1 is 1.07 bits per heavy atom. The molecule has 0 fully saturated rings. The van der Waals surface area contributed by atoms with Gasteiger partial charge in [0, 0.05) is 23.6 Å². The Balaban J connectivity index is 1.71. The fraction of sp³-hybridized carbons (Fsp3) is 0.0476. The molecule has 0 aliphatic carbocycles. The molecule has 6 nitrogen and oxygen atoms in total. The highest BCUT2D eigenvalue weighted by Crippen LogP contribution is 2.25. The van der Waals surface area contributed by atoms with E-state index in [1.807, 2.05) is 48.0 Å². The van der Waals surface area contributed by atoms with Gasteiger partial charge < -0.3 is 4.40 Å². The van der Waals surface area contributed by atoms with Crippen molar-refractivity contribution in [2.45, 2.75) is 11.8 Å². The molecular weight excluding hydrogens is 372 g/mol. The lowest BCUT2D eigenvalue weighted by Gasteiger charge is -2.10. The molecule has 138 valence electrons. The number of pyridine rings is 1. The van der Waals surface area contributed by atoms with Gasteiger partial charge in [0.25, 0.3) is 10.0 Å². The minimum Gasteiger partial charge on any atom is -0.306 e. The van der Waals surface area contributed by atoms with Gasteiger partial charge in [-0.1, -0.05) is 30.3 Å². The molecule has 0 unspecified atom stereocenters. The average molecular weight is 388 g/mol. The molecule has 0 aliphatic heterocycles. The van der Waals surface area contributed by atoms with Gasteiger partial charge in [0.15, 0.2) is 0 Å². The molecule has 2 heterocycles. The molecular formula is C21H16N4O2S. The smallest absolute Gasteiger partial charge is 0.263 e. The van der Waals surface area contributed by atoms with Gasteiger partial charge in [0.05, 0.1) is 11.3 Å². The van der Waals surface area contributed by atoms with E-state index in [9.17, 15) is 13.7 Å². The summed E-state index contributed by atoms with van der Waals surface area (Å²) in [6.45, 7) is 1.99. The van der Waals surface area contributed by atoms with E-state index < -0.39 is 10.0 Å². The van der Waals surface area contributed by atoms with Gasteiger partial charge in [0.1, 0.15) is 16.6 Å². The molecule has 4 aromatic rings. The average Bonchev–Trinajstić information content (AvgIpc) is 3.14. The lowest BCUT2D eigenvalue weighted by atomic mass is 10.1. The van der Waals surface area contributed by atoms with E-state index in [4.69, 9.17) is 0 Å². The Labute approximate surface area is 162 Å². The number of aryl methyl sites for hydroxylation is 1. The number of benzene rings is 2. The number of hydrogen-bond donors (Lipinski definition) is 1. The monoisotopic (exact) mass is 388 g/mol. The van der Waals surface area contributed by atoms with E-state index in [0.29, 0.717) is 5.69 Å². The van der Waals surface area contributed by atoms with Gasteiger partial charge in [-0.3, -0.25) is 4.72 Å². The van der Waals surface area contributed by atoms with Crippen LogP contribution in [-0.2, 0) is 10.0 Å². The van der Waals surface area contributed by atoms with Gasteiger partial charge in [0.2, 0.25) is 0 Å². The van der Waals surface area contributed by atoms with Crippen molar-refractivity contribution in [2.75, 3.05) is 4.72 Å². The van der Waals surface area contributed by atoms with Crippen LogP contribution in [0.1, 0.15) is 11.1 Å². The van der Waals surface area contributed by atoms with E-state index in [2.05, 4.69) is 9.71 Å². The van der Waals surface area contributed by atoms with E-state index in [0.717, 1.165) is 22.5 Å². The molecule has 1 N–H and O–H groups in total. The number of fused-ring (bicyclic) bond motifs is 1. The maximum atomic E-state index is 12.7. The predicted molar refractivity (Wildman–Crippen MR) is 107 cm³/mol. The Morgan fingerprint density at radius 2 is 1.89 bits per heavy atom. The lowest BCUT2D eigenvalue weighted by molar-refractivity contribution is 0.601. The number of nitrogens with zero attached hydrogens (tertiary/aromatic N) is 3. The Hall–Kier alpha value is -3.63. The first kappa shape index (κ1) is 17.8. The summed E-state index contributed by atoms with van der Waals surface area (Å²) in [4.78, 5) is 4.60. The number of rotatable bonds is 4. The Morgan fingerprint density at radius 3 is 2.68 bits per heavy atom. The van der Waals surface area contributed by atoms with Crippen LogP contribution in [-0.4, -0.2) is 17.8 Å². The van der Waals surface area contributed by atoms with Crippen LogP contribution >= 0.6 is 0 Å². The van der Waals surface area contributed by atoms with Gasteiger partial charge >= 0.3 is 0 Å². The number of anilines is 1. The molecule has 7 heteroatoms. The maximum absolute atomic E-state index is 12.7. The number of nitrogens with one attached hydrogen (secondary N) is 1. The molecule has 0 saturated heterocycles. The molecule has 0 atom stereocenters. The number of imidazole rings is 1. The molecule has 0 radical (unpaired) electrons. The first-order valence-electron chi connectivity index (χ1n) is 8.55. The normalized spacial score (nSPS) is 11.3. The third-order valence-electron chi connectivity index (χ3n) is 4.39. The Bertz CT molecular complexity index is 1330. The lowest BCUT2D eigenvalue weighted by Crippen LogP contribution is -2.14. The molecule has 2 aromatic carbocycles. The SMILES string of the molecule is Cc1cccn2cc(-c3cccc(NS(=O)(=O)c4ccccc4C#N)c3)nc12. The summed E-state index contributed by atoms with van der Waals surface area (Å²) in [5.41, 5.74) is 3.94. The van der Waals surface area contributed by atoms with Crippen LogP contribution in [0.5, 0.6) is 0 Å². The third-order valence-corrected chi connectivity index (χ3v) is 5.82. The minimum absolute atomic E-state index is 0.0498. The number of sulfonamides is 1. The van der Waals surface area contributed by atoms with E-state index in [1.165, 1.54) is 12.1 Å². The minimum atomic E-state index is -3.88. The zero-order chi connectivity index (χ0) is 19.7. The second-order valence-corrected chi connectivity index (χ2v) is 7.99. The summed E-state index contributed by atoms with van der Waals surface area (Å²) in [7, 11) is -3.88. The van der Waals surface area contributed by atoms with E-state index in [1.54, 1.807) is 30.3 Å². The van der Waals surface area contributed by atoms with Gasteiger partial charge in [-0.25, -0.2) is 13.4 Å². The summed E-state index contributed by atoms with van der Waals surface area (Å²) in [5.74, 6) is 0. The molecule has 0 aliphatic rings. The fourth-order valence-corrected chi connectivity index (χ4v) is 4.25. The van der Waals surface area contributed by atoms with Crippen LogP contribution in [0.15, 0.2) is 78.0 Å². The summed E-state index contributed by atoms with van der Waals surface area (Å²) in [5, 5.41) is 9.18. The van der Waals surface area contributed by atoms with Gasteiger partial charge in [-0.05, 0) is 42.8 Å². The molecule has 28 heavy (non-hydrogen) atoms. The van der Waals surface area contributed by atoms with Crippen LogP contribution in [0.4, 0.5) is 5.69 Å². The standard InChI is InChI=1S/C21H16N4O2S/c1-15-6-5-11-25-14-19(23-21(15)25)16-8-4-9-18(12-16)24-28(26,27)20-10-3-2-7-17(20)13-22/h2-12,14,24H,1H3. The first-order valence-corrected chi connectivity index (χ1v) is 10.0. The summed E-state index contributed by atoms with van der Waals surface area (Å²) >= 11 is 0. The summed E-state index contributed by atoms with van der Waals surface area (Å²) in [6, 6.07) is 19.0. The van der Waals surface area contributed by atoms with Crippen molar-refractivity contribution < 1.29 is 8.42 Å². The van der Waals surface area contributed by atoms with Crippen molar-refractivity contribution in [1.29, 1.82) is 5.26 Å². The van der Waals surface area contributed by atoms with E-state index >= 15 is 0 Å². The highest BCUT2D eigenvalue weighted by Gasteiger charge is 2.18. The van der Waals surface area contributed by atoms with Gasteiger partial charge in [-0.2, -0.15) is 5.26 Å². The van der Waals surface area contributed by atoms with Gasteiger partial charge in [-0.15, -0.1) is 0 Å². The van der Waals surface area contributed by atoms with Crippen LogP contribution in [0.3, 0.4) is 0 Å². The zero-order valence-electron chi connectivity index (χ0n) is 15.0. The Kier molecular flexibility index (Phi) is 4.34. The molecule has 0 saturated carbocycles. The second kappa shape index (κ2) is 6.83. The third kappa shape index (κ3) is 3.21. The molecule has 4 rings (SSSR count). The van der Waals surface area contributed by atoms with Crippen molar-refractivity contribution in [2.24, 2.45) is 0 Å². The molecule has 0 amide bonds. The predicted octanol–water partition coefficient (Wildman–Crippen LogP) is 3.98. The first-order chi connectivity index (χ1) is 13.5. The van der Waals surface area contributed by atoms with Crippen molar-refractivity contribution in [1.82, 2.24) is 9.38 Å². The quantitative estimate of drug-likeness (QED) is 0.573. The van der Waals surface area contributed by atoms with Crippen LogP contribution < -0.4 is 4.72 Å². The van der Waals surface area contributed by atoms with Crippen LogP contribution in [0.2, 0.25) is 0 Å². The fourth-order valence-electron chi connectivity index (χ4n) is 3.04. The van der Waals surface area contributed by atoms with E-state index in [-0.39, 0.29) is 10.5 Å². The topological polar surface area (TPSA) is 87.3 Å². The summed E-state index contributed by atoms with van der Waals surface area (Å²) in [6.07, 6.45) is 3.82. The second-order valence-electron chi connectivity index (χ2n) is 6.34. The van der Waals surface area contributed by atoms with Crippen molar-refractivity contribution in [3.63, 3.8) is 0 Å². The number of hydrogen-bond acceptors (Lipinski definition) is 4.